The van der Waals surface area contributed by atoms with Crippen LogP contribution in [0.5, 0.6) is 5.75 Å². The Morgan fingerprint density at radius 3 is 2.87 bits per heavy atom. The zero-order chi connectivity index (χ0) is 11.3. The standard InChI is InChI=1S/C11H16BrNO2/c1-2-9(14)7-13-6-8-4-3-5-10(12)11(8)15/h3-5,9,13-15H,2,6-7H2,1H3. The Hall–Kier alpha value is -0.580. The van der Waals surface area contributed by atoms with Gasteiger partial charge >= 0.3 is 0 Å². The Labute approximate surface area is 98.3 Å². The fourth-order valence-corrected chi connectivity index (χ4v) is 1.63. The van der Waals surface area contributed by atoms with Gasteiger partial charge in [0, 0.05) is 18.7 Å². The van der Waals surface area contributed by atoms with Gasteiger partial charge in [0.05, 0.1) is 10.6 Å². The van der Waals surface area contributed by atoms with Crippen LogP contribution in [-0.4, -0.2) is 22.9 Å². The summed E-state index contributed by atoms with van der Waals surface area (Å²) in [7, 11) is 0. The first-order valence-electron chi connectivity index (χ1n) is 5.00. The molecule has 0 amide bonds. The van der Waals surface area contributed by atoms with E-state index < -0.39 is 0 Å². The number of halogens is 1. The highest BCUT2D eigenvalue weighted by atomic mass is 79.9. The van der Waals surface area contributed by atoms with E-state index in [2.05, 4.69) is 21.2 Å². The fourth-order valence-electron chi connectivity index (χ4n) is 1.22. The minimum atomic E-state index is -0.320. The van der Waals surface area contributed by atoms with Crippen molar-refractivity contribution in [1.82, 2.24) is 5.32 Å². The number of phenols is 1. The van der Waals surface area contributed by atoms with E-state index in [1.165, 1.54) is 0 Å². The highest BCUT2D eigenvalue weighted by molar-refractivity contribution is 9.10. The fraction of sp³-hybridized carbons (Fsp3) is 0.455. The van der Waals surface area contributed by atoms with Crippen molar-refractivity contribution >= 4 is 15.9 Å². The lowest BCUT2D eigenvalue weighted by Crippen LogP contribution is -2.25. The molecule has 0 heterocycles. The van der Waals surface area contributed by atoms with E-state index in [1.54, 1.807) is 6.07 Å². The third-order valence-electron chi connectivity index (χ3n) is 2.24. The van der Waals surface area contributed by atoms with Crippen LogP contribution >= 0.6 is 15.9 Å². The molecule has 0 saturated carbocycles. The van der Waals surface area contributed by atoms with Gasteiger partial charge in [-0.05, 0) is 28.4 Å². The minimum Gasteiger partial charge on any atom is -0.506 e. The predicted molar refractivity (Wildman–Crippen MR) is 63.8 cm³/mol. The van der Waals surface area contributed by atoms with Crippen molar-refractivity contribution in [2.24, 2.45) is 0 Å². The topological polar surface area (TPSA) is 52.5 Å². The first-order chi connectivity index (χ1) is 7.15. The smallest absolute Gasteiger partial charge is 0.134 e. The van der Waals surface area contributed by atoms with E-state index in [0.29, 0.717) is 17.6 Å². The van der Waals surface area contributed by atoms with Crippen LogP contribution in [0.4, 0.5) is 0 Å². The molecule has 0 aliphatic heterocycles. The Morgan fingerprint density at radius 1 is 1.47 bits per heavy atom. The van der Waals surface area contributed by atoms with Gasteiger partial charge in [-0.15, -0.1) is 0 Å². The average Bonchev–Trinajstić information content (AvgIpc) is 2.24. The number of rotatable bonds is 5. The molecule has 1 unspecified atom stereocenters. The summed E-state index contributed by atoms with van der Waals surface area (Å²) < 4.78 is 0.692. The molecule has 0 aliphatic carbocycles. The molecule has 1 atom stereocenters. The molecule has 0 spiro atoms. The number of hydrogen-bond donors (Lipinski definition) is 3. The zero-order valence-electron chi connectivity index (χ0n) is 8.70. The SMILES string of the molecule is CCC(O)CNCc1cccc(Br)c1O. The van der Waals surface area contributed by atoms with Crippen LogP contribution in [0.2, 0.25) is 0 Å². The third kappa shape index (κ3) is 3.81. The number of hydrogen-bond acceptors (Lipinski definition) is 3. The minimum absolute atomic E-state index is 0.260. The first-order valence-corrected chi connectivity index (χ1v) is 5.79. The van der Waals surface area contributed by atoms with Crippen LogP contribution in [0.1, 0.15) is 18.9 Å². The Balaban J connectivity index is 2.47. The van der Waals surface area contributed by atoms with Crippen molar-refractivity contribution in [2.75, 3.05) is 6.54 Å². The van der Waals surface area contributed by atoms with E-state index in [1.807, 2.05) is 19.1 Å². The van der Waals surface area contributed by atoms with Gasteiger partial charge < -0.3 is 15.5 Å². The van der Waals surface area contributed by atoms with Crippen molar-refractivity contribution in [2.45, 2.75) is 26.0 Å². The molecule has 1 aromatic carbocycles. The maximum absolute atomic E-state index is 9.67. The quantitative estimate of drug-likeness (QED) is 0.770. The van der Waals surface area contributed by atoms with Gasteiger partial charge in [-0.1, -0.05) is 19.1 Å². The molecule has 84 valence electrons. The van der Waals surface area contributed by atoms with E-state index in [-0.39, 0.29) is 11.9 Å². The van der Waals surface area contributed by atoms with Crippen molar-refractivity contribution in [3.63, 3.8) is 0 Å². The molecule has 15 heavy (non-hydrogen) atoms. The number of phenolic OH excluding ortho intramolecular Hbond substituents is 1. The van der Waals surface area contributed by atoms with Gasteiger partial charge in [0.25, 0.3) is 0 Å². The van der Waals surface area contributed by atoms with Crippen LogP contribution in [0, 0.1) is 0 Å². The number of aromatic hydroxyl groups is 1. The Morgan fingerprint density at radius 2 is 2.20 bits per heavy atom. The third-order valence-corrected chi connectivity index (χ3v) is 2.88. The maximum atomic E-state index is 9.67. The van der Waals surface area contributed by atoms with Gasteiger partial charge in [-0.25, -0.2) is 0 Å². The summed E-state index contributed by atoms with van der Waals surface area (Å²) in [6.07, 6.45) is 0.414. The molecule has 0 fully saturated rings. The van der Waals surface area contributed by atoms with Gasteiger partial charge in [-0.3, -0.25) is 0 Å². The van der Waals surface area contributed by atoms with Gasteiger partial charge in [0.1, 0.15) is 5.75 Å². The molecule has 0 bridgehead atoms. The van der Waals surface area contributed by atoms with Crippen molar-refractivity contribution in [1.29, 1.82) is 0 Å². The Kier molecular flexibility index (Phi) is 5.08. The molecule has 3 N–H and O–H groups in total. The molecular weight excluding hydrogens is 258 g/mol. The summed E-state index contributed by atoms with van der Waals surface area (Å²) in [5.74, 6) is 0.260. The van der Waals surface area contributed by atoms with Crippen LogP contribution in [0.25, 0.3) is 0 Å². The molecule has 4 heteroatoms. The molecule has 1 aromatic rings. The summed E-state index contributed by atoms with van der Waals surface area (Å²) in [5, 5.41) is 22.1. The van der Waals surface area contributed by atoms with Crippen LogP contribution in [0.15, 0.2) is 22.7 Å². The second kappa shape index (κ2) is 6.10. The van der Waals surface area contributed by atoms with Gasteiger partial charge in [0.15, 0.2) is 0 Å². The monoisotopic (exact) mass is 273 g/mol. The van der Waals surface area contributed by atoms with E-state index in [9.17, 15) is 10.2 Å². The molecule has 1 rings (SSSR count). The lowest BCUT2D eigenvalue weighted by Gasteiger charge is -2.10. The summed E-state index contributed by atoms with van der Waals surface area (Å²) in [4.78, 5) is 0. The van der Waals surface area contributed by atoms with Crippen LogP contribution in [0.3, 0.4) is 0 Å². The highest BCUT2D eigenvalue weighted by Gasteiger charge is 2.05. The lowest BCUT2D eigenvalue weighted by molar-refractivity contribution is 0.167. The number of para-hydroxylation sites is 1. The van der Waals surface area contributed by atoms with Gasteiger partial charge in [0.2, 0.25) is 0 Å². The molecule has 0 saturated heterocycles. The van der Waals surface area contributed by atoms with Crippen molar-refractivity contribution < 1.29 is 10.2 Å². The summed E-state index contributed by atoms with van der Waals surface area (Å²) in [6.45, 7) is 3.04. The number of nitrogens with one attached hydrogen (secondary N) is 1. The van der Waals surface area contributed by atoms with E-state index >= 15 is 0 Å². The highest BCUT2D eigenvalue weighted by Crippen LogP contribution is 2.27. The van der Waals surface area contributed by atoms with E-state index in [0.717, 1.165) is 12.0 Å². The van der Waals surface area contributed by atoms with Crippen molar-refractivity contribution in [3.8, 4) is 5.75 Å². The summed E-state index contributed by atoms with van der Waals surface area (Å²) in [6, 6.07) is 5.52. The van der Waals surface area contributed by atoms with Crippen LogP contribution < -0.4 is 5.32 Å². The molecule has 3 nitrogen and oxygen atoms in total. The van der Waals surface area contributed by atoms with Crippen LogP contribution in [-0.2, 0) is 6.54 Å². The second-order valence-corrected chi connectivity index (χ2v) is 4.29. The Bertz CT molecular complexity index is 317. The number of aliphatic hydroxyl groups excluding tert-OH is 1. The average molecular weight is 274 g/mol. The maximum Gasteiger partial charge on any atom is 0.134 e. The normalized spacial score (nSPS) is 12.7. The number of aliphatic hydroxyl groups is 1. The molecular formula is C11H16BrNO2. The predicted octanol–water partition coefficient (Wildman–Crippen LogP) is 2.02. The second-order valence-electron chi connectivity index (χ2n) is 3.44. The van der Waals surface area contributed by atoms with Gasteiger partial charge in [-0.2, -0.15) is 0 Å². The van der Waals surface area contributed by atoms with E-state index in [4.69, 9.17) is 0 Å². The van der Waals surface area contributed by atoms with Crippen molar-refractivity contribution in [3.05, 3.63) is 28.2 Å². The molecule has 0 radical (unpaired) electrons. The summed E-state index contributed by atoms with van der Waals surface area (Å²) in [5.41, 5.74) is 0.827. The zero-order valence-corrected chi connectivity index (χ0v) is 10.3. The summed E-state index contributed by atoms with van der Waals surface area (Å²) >= 11 is 3.25. The molecule has 0 aromatic heterocycles. The largest absolute Gasteiger partial charge is 0.506 e. The number of benzene rings is 1. The first kappa shape index (κ1) is 12.5. The molecule has 0 aliphatic rings. The lowest BCUT2D eigenvalue weighted by atomic mass is 10.2.